The van der Waals surface area contributed by atoms with Crippen LogP contribution < -0.4 is 14.8 Å². The number of anilines is 1. The number of rotatable bonds is 7. The Kier molecular flexibility index (Phi) is 6.46. The van der Waals surface area contributed by atoms with Crippen LogP contribution in [0, 0.1) is 6.92 Å². The van der Waals surface area contributed by atoms with Gasteiger partial charge in [-0.25, -0.2) is 19.9 Å². The number of nitrogens with one attached hydrogen (secondary N) is 1. The predicted octanol–water partition coefficient (Wildman–Crippen LogP) is 4.14. The van der Waals surface area contributed by atoms with Gasteiger partial charge in [-0.3, -0.25) is 4.79 Å². The maximum atomic E-state index is 12.5. The Bertz CT molecular complexity index is 1260. The molecule has 162 valence electrons. The number of fused-ring (bicyclic) bond motifs is 1. The molecule has 0 atom stereocenters. The summed E-state index contributed by atoms with van der Waals surface area (Å²) in [7, 11) is 3.19. The van der Waals surface area contributed by atoms with E-state index in [2.05, 4.69) is 25.3 Å². The fraction of sp³-hybridized carbons (Fsp3) is 0.174. The molecule has 0 aliphatic heterocycles. The van der Waals surface area contributed by atoms with Crippen LogP contribution in [-0.4, -0.2) is 45.8 Å². The van der Waals surface area contributed by atoms with Gasteiger partial charge in [0.15, 0.2) is 11.5 Å². The summed E-state index contributed by atoms with van der Waals surface area (Å²) >= 11 is 1.30. The topological polar surface area (TPSA) is 99.1 Å². The Morgan fingerprint density at radius 3 is 2.59 bits per heavy atom. The Hall–Kier alpha value is -3.72. The summed E-state index contributed by atoms with van der Waals surface area (Å²) in [5, 5.41) is 4.22. The number of carbonyl (C=O) groups excluding carboxylic acids is 1. The van der Waals surface area contributed by atoms with Crippen LogP contribution >= 0.6 is 11.8 Å². The molecule has 2 aromatic carbocycles. The van der Waals surface area contributed by atoms with Crippen molar-refractivity contribution in [2.75, 3.05) is 25.3 Å². The molecule has 1 amide bonds. The molecule has 1 N–H and O–H groups in total. The van der Waals surface area contributed by atoms with Crippen molar-refractivity contribution in [1.82, 2.24) is 19.9 Å². The SMILES string of the molecule is COc1ccc(-c2ncc3c(SCC(=O)Nc4cc(C)ccc4OC)ncnc3n2)cc1. The Morgan fingerprint density at radius 2 is 1.84 bits per heavy atom. The minimum atomic E-state index is -0.165. The van der Waals surface area contributed by atoms with E-state index in [-0.39, 0.29) is 11.7 Å². The summed E-state index contributed by atoms with van der Waals surface area (Å²) in [6.07, 6.45) is 3.13. The van der Waals surface area contributed by atoms with Crippen LogP contribution in [0.25, 0.3) is 22.4 Å². The Morgan fingerprint density at radius 1 is 1.03 bits per heavy atom. The van der Waals surface area contributed by atoms with E-state index in [0.29, 0.717) is 33.3 Å². The maximum absolute atomic E-state index is 12.5. The lowest BCUT2D eigenvalue weighted by Crippen LogP contribution is -2.15. The molecule has 0 saturated heterocycles. The minimum Gasteiger partial charge on any atom is -0.497 e. The lowest BCUT2D eigenvalue weighted by molar-refractivity contribution is -0.113. The van der Waals surface area contributed by atoms with Crippen LogP contribution in [0.4, 0.5) is 5.69 Å². The first-order valence-corrected chi connectivity index (χ1v) is 10.8. The number of hydrogen-bond donors (Lipinski definition) is 1. The maximum Gasteiger partial charge on any atom is 0.234 e. The van der Waals surface area contributed by atoms with Gasteiger partial charge >= 0.3 is 0 Å². The summed E-state index contributed by atoms with van der Waals surface area (Å²) in [6.45, 7) is 1.96. The minimum absolute atomic E-state index is 0.165. The summed E-state index contributed by atoms with van der Waals surface area (Å²) in [5.74, 6) is 1.93. The highest BCUT2D eigenvalue weighted by Gasteiger charge is 2.13. The Balaban J connectivity index is 1.50. The molecule has 0 radical (unpaired) electrons. The summed E-state index contributed by atoms with van der Waals surface area (Å²) in [6, 6.07) is 13.1. The highest BCUT2D eigenvalue weighted by Crippen LogP contribution is 2.28. The van der Waals surface area contributed by atoms with E-state index in [4.69, 9.17) is 9.47 Å². The van der Waals surface area contributed by atoms with Gasteiger partial charge in [0, 0.05) is 11.8 Å². The number of amides is 1. The molecule has 32 heavy (non-hydrogen) atoms. The third-order valence-corrected chi connectivity index (χ3v) is 5.68. The third kappa shape index (κ3) is 4.78. The van der Waals surface area contributed by atoms with E-state index in [0.717, 1.165) is 16.9 Å². The van der Waals surface area contributed by atoms with E-state index in [1.165, 1.54) is 18.1 Å². The smallest absolute Gasteiger partial charge is 0.234 e. The number of ether oxygens (including phenoxy) is 2. The second-order valence-corrected chi connectivity index (χ2v) is 7.84. The van der Waals surface area contributed by atoms with Crippen molar-refractivity contribution >= 4 is 34.4 Å². The molecule has 2 aromatic heterocycles. The second-order valence-electron chi connectivity index (χ2n) is 6.88. The third-order valence-electron chi connectivity index (χ3n) is 4.67. The fourth-order valence-corrected chi connectivity index (χ4v) is 3.82. The van der Waals surface area contributed by atoms with E-state index in [1.54, 1.807) is 20.4 Å². The zero-order chi connectivity index (χ0) is 22.5. The van der Waals surface area contributed by atoms with Crippen molar-refractivity contribution < 1.29 is 14.3 Å². The highest BCUT2D eigenvalue weighted by atomic mass is 32.2. The number of benzene rings is 2. The summed E-state index contributed by atoms with van der Waals surface area (Å²) in [5.41, 5.74) is 3.04. The largest absolute Gasteiger partial charge is 0.497 e. The van der Waals surface area contributed by atoms with E-state index in [1.807, 2.05) is 49.4 Å². The van der Waals surface area contributed by atoms with Crippen LogP contribution in [0.5, 0.6) is 11.5 Å². The van der Waals surface area contributed by atoms with Gasteiger partial charge in [0.25, 0.3) is 0 Å². The van der Waals surface area contributed by atoms with E-state index >= 15 is 0 Å². The van der Waals surface area contributed by atoms with Crippen molar-refractivity contribution in [1.29, 1.82) is 0 Å². The Labute approximate surface area is 189 Å². The van der Waals surface area contributed by atoms with Gasteiger partial charge in [0.2, 0.25) is 5.91 Å². The molecule has 0 bridgehead atoms. The standard InChI is InChI=1S/C23H21N5O3S/c1-14-4-9-19(31-3)18(10-14)27-20(29)12-32-23-17-11-24-21(28-22(17)25-13-26-23)15-5-7-16(30-2)8-6-15/h4-11,13H,12H2,1-3H3,(H,27,29). The molecular weight excluding hydrogens is 426 g/mol. The van der Waals surface area contributed by atoms with Gasteiger partial charge < -0.3 is 14.8 Å². The number of carbonyl (C=O) groups is 1. The van der Waals surface area contributed by atoms with E-state index in [9.17, 15) is 4.79 Å². The number of hydrogen-bond acceptors (Lipinski definition) is 8. The van der Waals surface area contributed by atoms with Gasteiger partial charge in [-0.1, -0.05) is 17.8 Å². The van der Waals surface area contributed by atoms with Gasteiger partial charge in [-0.05, 0) is 48.9 Å². The number of aryl methyl sites for hydroxylation is 1. The predicted molar refractivity (Wildman–Crippen MR) is 124 cm³/mol. The van der Waals surface area contributed by atoms with Gasteiger partial charge in [0.1, 0.15) is 22.9 Å². The summed E-state index contributed by atoms with van der Waals surface area (Å²) in [4.78, 5) is 30.1. The molecule has 4 rings (SSSR count). The molecule has 0 aliphatic rings. The molecule has 9 heteroatoms. The average Bonchev–Trinajstić information content (AvgIpc) is 2.82. The van der Waals surface area contributed by atoms with Gasteiger partial charge in [0.05, 0.1) is 31.0 Å². The molecule has 0 aliphatic carbocycles. The molecule has 0 spiro atoms. The van der Waals surface area contributed by atoms with Crippen molar-refractivity contribution in [2.45, 2.75) is 11.9 Å². The molecule has 0 unspecified atom stereocenters. The molecule has 0 saturated carbocycles. The highest BCUT2D eigenvalue weighted by molar-refractivity contribution is 8.00. The number of thioether (sulfide) groups is 1. The zero-order valence-corrected chi connectivity index (χ0v) is 18.6. The lowest BCUT2D eigenvalue weighted by Gasteiger charge is -2.11. The van der Waals surface area contributed by atoms with Crippen LogP contribution in [0.1, 0.15) is 5.56 Å². The average molecular weight is 448 g/mol. The molecular formula is C23H21N5O3S. The van der Waals surface area contributed by atoms with Crippen LogP contribution in [-0.2, 0) is 4.79 Å². The quantitative estimate of drug-likeness (QED) is 0.333. The number of methoxy groups -OCH3 is 2. The normalized spacial score (nSPS) is 10.7. The number of nitrogens with zero attached hydrogens (tertiary/aromatic N) is 4. The van der Waals surface area contributed by atoms with Crippen LogP contribution in [0.15, 0.2) is 60.0 Å². The van der Waals surface area contributed by atoms with Gasteiger partial charge in [-0.15, -0.1) is 0 Å². The zero-order valence-electron chi connectivity index (χ0n) is 17.8. The first-order valence-electron chi connectivity index (χ1n) is 9.77. The molecule has 4 aromatic rings. The van der Waals surface area contributed by atoms with Gasteiger partial charge in [-0.2, -0.15) is 0 Å². The van der Waals surface area contributed by atoms with E-state index < -0.39 is 0 Å². The fourth-order valence-electron chi connectivity index (χ4n) is 3.06. The first kappa shape index (κ1) is 21.5. The molecule has 0 fully saturated rings. The van der Waals surface area contributed by atoms with Crippen molar-refractivity contribution in [2.24, 2.45) is 0 Å². The van der Waals surface area contributed by atoms with Crippen LogP contribution in [0.2, 0.25) is 0 Å². The lowest BCUT2D eigenvalue weighted by atomic mass is 10.2. The molecule has 8 nitrogen and oxygen atoms in total. The van der Waals surface area contributed by atoms with Crippen molar-refractivity contribution in [3.63, 3.8) is 0 Å². The van der Waals surface area contributed by atoms with Crippen LogP contribution in [0.3, 0.4) is 0 Å². The first-order chi connectivity index (χ1) is 15.6. The van der Waals surface area contributed by atoms with Crippen molar-refractivity contribution in [3.05, 3.63) is 60.6 Å². The van der Waals surface area contributed by atoms with Crippen molar-refractivity contribution in [3.8, 4) is 22.9 Å². The number of aromatic nitrogens is 4. The molecule has 2 heterocycles. The monoisotopic (exact) mass is 447 g/mol. The summed E-state index contributed by atoms with van der Waals surface area (Å²) < 4.78 is 10.5. The second kappa shape index (κ2) is 9.61.